The van der Waals surface area contributed by atoms with E-state index >= 15 is 0 Å². The van der Waals surface area contributed by atoms with Crippen LogP contribution in [-0.4, -0.2) is 6.71 Å². The second-order valence-corrected chi connectivity index (χ2v) is 17.2. The first-order valence-corrected chi connectivity index (χ1v) is 21.6. The van der Waals surface area contributed by atoms with Crippen LogP contribution in [0.25, 0.3) is 55.0 Å². The smallest absolute Gasteiger partial charge is 0.243 e. The SMILES string of the molecule is C.Cc1cc(C)c(B(c2c(C)cc(C)cc2C)c2ccc3c4c(cccc24)Oc2cc(N(c4ccccc4-c4ccccc4)c4cccc5c4oc4ccccc45)ccc2-3)c(C)c1. The third-order valence-corrected chi connectivity index (χ3v) is 13.0. The highest BCUT2D eigenvalue weighted by molar-refractivity contribution is 6.98. The van der Waals surface area contributed by atoms with Gasteiger partial charge in [-0.25, -0.2) is 0 Å². The molecule has 63 heavy (non-hydrogen) atoms. The Labute approximate surface area is 371 Å². The Bertz CT molecular complexity index is 3310. The molecule has 10 aromatic rings. The minimum Gasteiger partial charge on any atom is -0.456 e. The van der Waals surface area contributed by atoms with Crippen molar-refractivity contribution in [2.24, 2.45) is 0 Å². The zero-order chi connectivity index (χ0) is 42.2. The van der Waals surface area contributed by atoms with E-state index in [0.717, 1.165) is 72.6 Å². The van der Waals surface area contributed by atoms with Crippen molar-refractivity contribution in [1.82, 2.24) is 0 Å². The zero-order valence-corrected chi connectivity index (χ0v) is 36.0. The number of aryl methyl sites for hydroxylation is 6. The van der Waals surface area contributed by atoms with E-state index in [1.807, 2.05) is 12.1 Å². The molecule has 11 rings (SSSR count). The second kappa shape index (κ2) is 15.6. The van der Waals surface area contributed by atoms with Crippen molar-refractivity contribution in [3.63, 3.8) is 0 Å². The number of nitrogens with zero attached hydrogens (tertiary/aromatic N) is 1. The van der Waals surface area contributed by atoms with Crippen LogP contribution >= 0.6 is 0 Å². The maximum Gasteiger partial charge on any atom is 0.243 e. The standard InChI is InChI=1S/C58H46BNO2.CH4/c1-35-30-37(3)56(38(4)31-35)59(57-39(5)32-36(2)33-40(57)6)49-29-28-46-45-27-26-42(34-54(45)61-53-25-15-21-48(49)55(46)53)60(50-22-12-10-18-43(50)41-16-8-7-9-17-41)51-23-14-20-47-44-19-11-13-24-52(44)62-58(47)51;/h7-34H,1-6H3;1H4. The number of anilines is 3. The molecule has 0 atom stereocenters. The van der Waals surface area contributed by atoms with Gasteiger partial charge in [-0.3, -0.25) is 0 Å². The lowest BCUT2D eigenvalue weighted by atomic mass is 9.33. The third-order valence-electron chi connectivity index (χ3n) is 13.0. The Morgan fingerprint density at radius 1 is 0.444 bits per heavy atom. The first-order valence-electron chi connectivity index (χ1n) is 21.6. The van der Waals surface area contributed by atoms with Gasteiger partial charge in [0.2, 0.25) is 6.71 Å². The van der Waals surface area contributed by atoms with Crippen LogP contribution in [0.2, 0.25) is 0 Å². The Morgan fingerprint density at radius 3 is 1.76 bits per heavy atom. The van der Waals surface area contributed by atoms with Crippen molar-refractivity contribution in [2.75, 3.05) is 4.90 Å². The molecule has 1 aliphatic heterocycles. The fraction of sp³-hybridized carbons (Fsp3) is 0.119. The highest BCUT2D eigenvalue weighted by Crippen LogP contribution is 2.51. The van der Waals surface area contributed by atoms with Gasteiger partial charge in [0.25, 0.3) is 0 Å². The van der Waals surface area contributed by atoms with Crippen molar-refractivity contribution in [3.8, 4) is 33.8 Å². The fourth-order valence-corrected chi connectivity index (χ4v) is 10.6. The Balaban J connectivity index is 0.00000471. The van der Waals surface area contributed by atoms with Crippen LogP contribution < -0.4 is 26.0 Å². The summed E-state index contributed by atoms with van der Waals surface area (Å²) in [4.78, 5) is 2.33. The van der Waals surface area contributed by atoms with Crippen molar-refractivity contribution in [2.45, 2.75) is 49.0 Å². The lowest BCUT2D eigenvalue weighted by molar-refractivity contribution is 0.487. The quantitative estimate of drug-likeness (QED) is 0.150. The van der Waals surface area contributed by atoms with E-state index in [2.05, 4.69) is 204 Å². The highest BCUT2D eigenvalue weighted by Gasteiger charge is 2.32. The number of hydrogen-bond acceptors (Lipinski definition) is 3. The van der Waals surface area contributed by atoms with Crippen LogP contribution in [0, 0.1) is 41.5 Å². The first kappa shape index (κ1) is 39.8. The van der Waals surface area contributed by atoms with Gasteiger partial charge in [-0.2, -0.15) is 0 Å². The minimum absolute atomic E-state index is 0. The van der Waals surface area contributed by atoms with Crippen LogP contribution in [0.15, 0.2) is 174 Å². The van der Waals surface area contributed by atoms with E-state index in [4.69, 9.17) is 9.15 Å². The summed E-state index contributed by atoms with van der Waals surface area (Å²) < 4.78 is 13.8. The Morgan fingerprint density at radius 2 is 1.03 bits per heavy atom. The summed E-state index contributed by atoms with van der Waals surface area (Å²) in [6.07, 6.45) is 0. The van der Waals surface area contributed by atoms with Crippen LogP contribution in [0.4, 0.5) is 17.1 Å². The van der Waals surface area contributed by atoms with Crippen molar-refractivity contribution < 1.29 is 9.15 Å². The molecule has 0 spiro atoms. The summed E-state index contributed by atoms with van der Waals surface area (Å²) in [5, 5.41) is 4.55. The molecular formula is C59H50BNO2. The molecule has 0 saturated heterocycles. The highest BCUT2D eigenvalue weighted by atomic mass is 16.5. The number of para-hydroxylation sites is 3. The molecule has 0 radical (unpaired) electrons. The number of benzene rings is 9. The lowest BCUT2D eigenvalue weighted by Crippen LogP contribution is -2.56. The number of ether oxygens (including phenoxy) is 1. The predicted molar refractivity (Wildman–Crippen MR) is 270 cm³/mol. The lowest BCUT2D eigenvalue weighted by Gasteiger charge is -2.30. The van der Waals surface area contributed by atoms with Gasteiger partial charge in [-0.1, -0.05) is 185 Å². The molecule has 0 bridgehead atoms. The normalized spacial score (nSPS) is 11.7. The molecule has 0 unspecified atom stereocenters. The molecule has 1 aromatic heterocycles. The molecule has 3 nitrogen and oxygen atoms in total. The largest absolute Gasteiger partial charge is 0.456 e. The summed E-state index contributed by atoms with van der Waals surface area (Å²) in [6, 6.07) is 61.3. The van der Waals surface area contributed by atoms with Gasteiger partial charge in [0.05, 0.1) is 17.1 Å². The summed E-state index contributed by atoms with van der Waals surface area (Å²) in [6.45, 7) is 13.6. The zero-order valence-electron chi connectivity index (χ0n) is 36.0. The number of furan rings is 1. The topological polar surface area (TPSA) is 25.6 Å². The van der Waals surface area contributed by atoms with Crippen molar-refractivity contribution >= 4 is 72.9 Å². The van der Waals surface area contributed by atoms with E-state index in [1.54, 1.807) is 0 Å². The summed E-state index contributed by atoms with van der Waals surface area (Å²) in [5.41, 5.74) is 21.1. The van der Waals surface area contributed by atoms with Gasteiger partial charge in [0.1, 0.15) is 17.1 Å². The predicted octanol–water partition coefficient (Wildman–Crippen LogP) is 14.7. The van der Waals surface area contributed by atoms with Crippen LogP contribution in [0.3, 0.4) is 0 Å². The summed E-state index contributed by atoms with van der Waals surface area (Å²) >= 11 is 0. The Hall–Kier alpha value is -7.30. The van der Waals surface area contributed by atoms with E-state index in [9.17, 15) is 0 Å². The molecule has 4 heteroatoms. The molecule has 1 aliphatic rings. The van der Waals surface area contributed by atoms with Crippen molar-refractivity contribution in [3.05, 3.63) is 203 Å². The molecule has 306 valence electrons. The monoisotopic (exact) mass is 815 g/mol. The van der Waals surface area contributed by atoms with Crippen LogP contribution in [0.5, 0.6) is 11.5 Å². The molecular weight excluding hydrogens is 765 g/mol. The van der Waals surface area contributed by atoms with Crippen molar-refractivity contribution in [1.29, 1.82) is 0 Å². The molecule has 0 aliphatic carbocycles. The minimum atomic E-state index is 0. The molecule has 0 fully saturated rings. The summed E-state index contributed by atoms with van der Waals surface area (Å²) in [7, 11) is 0. The van der Waals surface area contributed by atoms with Gasteiger partial charge in [0.15, 0.2) is 5.58 Å². The summed E-state index contributed by atoms with van der Waals surface area (Å²) in [5.74, 6) is 1.69. The second-order valence-electron chi connectivity index (χ2n) is 17.2. The van der Waals surface area contributed by atoms with Gasteiger partial charge < -0.3 is 14.1 Å². The first-order chi connectivity index (χ1) is 30.2. The number of fused-ring (bicyclic) bond motifs is 5. The molecule has 0 amide bonds. The van der Waals surface area contributed by atoms with E-state index in [0.29, 0.717) is 0 Å². The maximum absolute atomic E-state index is 7.08. The maximum atomic E-state index is 7.08. The molecule has 2 heterocycles. The van der Waals surface area contributed by atoms with Gasteiger partial charge >= 0.3 is 0 Å². The number of hydrogen-bond donors (Lipinski definition) is 0. The average Bonchev–Trinajstić information content (AvgIpc) is 3.66. The van der Waals surface area contributed by atoms with Gasteiger partial charge in [-0.15, -0.1) is 0 Å². The molecule has 0 N–H and O–H groups in total. The third kappa shape index (κ3) is 6.52. The van der Waals surface area contributed by atoms with Gasteiger partial charge in [0, 0.05) is 33.4 Å². The van der Waals surface area contributed by atoms with E-state index in [1.165, 1.54) is 60.7 Å². The number of rotatable bonds is 7. The molecule has 0 saturated carbocycles. The Kier molecular flexibility index (Phi) is 9.83. The van der Waals surface area contributed by atoms with Crippen LogP contribution in [0.1, 0.15) is 40.8 Å². The van der Waals surface area contributed by atoms with Crippen LogP contribution in [-0.2, 0) is 0 Å². The molecule has 9 aromatic carbocycles. The fourth-order valence-electron chi connectivity index (χ4n) is 10.6. The van der Waals surface area contributed by atoms with Gasteiger partial charge in [-0.05, 0) is 94.5 Å². The average molecular weight is 816 g/mol. The van der Waals surface area contributed by atoms with E-state index < -0.39 is 0 Å². The van der Waals surface area contributed by atoms with E-state index in [-0.39, 0.29) is 14.1 Å².